The van der Waals surface area contributed by atoms with Crippen LogP contribution in [0.5, 0.6) is 0 Å². The van der Waals surface area contributed by atoms with Crippen LogP contribution in [0.4, 0.5) is 4.79 Å². The number of carbonyl (C=O) groups is 2. The summed E-state index contributed by atoms with van der Waals surface area (Å²) in [6.07, 6.45) is 2.99. The van der Waals surface area contributed by atoms with Gasteiger partial charge >= 0.3 is 6.03 Å². The number of pyridine rings is 1. The molecule has 1 aromatic carbocycles. The molecule has 0 bridgehead atoms. The number of carbonyl (C=O) groups excluding carboxylic acids is 2. The van der Waals surface area contributed by atoms with E-state index in [1.54, 1.807) is 17.5 Å². The van der Waals surface area contributed by atoms with E-state index in [9.17, 15) is 9.59 Å². The smallest absolute Gasteiger partial charge is 0.305 e. The average molecular weight is 447 g/mol. The Balaban J connectivity index is 1.40. The van der Waals surface area contributed by atoms with Crippen molar-refractivity contribution in [3.8, 4) is 0 Å². The molecule has 1 spiro atoms. The zero-order chi connectivity index (χ0) is 22.0. The highest BCUT2D eigenvalue weighted by atomic mass is 32.1. The molecule has 5 rings (SSSR count). The van der Waals surface area contributed by atoms with Crippen LogP contribution in [0.25, 0.3) is 0 Å². The van der Waals surface area contributed by atoms with Crippen molar-refractivity contribution in [1.82, 2.24) is 19.7 Å². The fourth-order valence-corrected chi connectivity index (χ4v) is 5.43. The predicted molar refractivity (Wildman–Crippen MR) is 124 cm³/mol. The molecule has 0 atom stereocenters. The molecule has 2 aliphatic rings. The third kappa shape index (κ3) is 3.94. The zero-order valence-corrected chi connectivity index (χ0v) is 18.7. The Bertz CT molecular complexity index is 1060. The Hall–Kier alpha value is -3.03. The van der Waals surface area contributed by atoms with E-state index in [2.05, 4.69) is 26.7 Å². The average Bonchev–Trinajstić information content (AvgIpc) is 3.40. The van der Waals surface area contributed by atoms with Crippen molar-refractivity contribution in [2.45, 2.75) is 38.0 Å². The largest absolute Gasteiger partial charge is 0.328 e. The van der Waals surface area contributed by atoms with E-state index in [1.165, 1.54) is 10.5 Å². The lowest BCUT2D eigenvalue weighted by Gasteiger charge is -2.42. The second-order valence-electron chi connectivity index (χ2n) is 8.51. The Labute approximate surface area is 192 Å². The summed E-state index contributed by atoms with van der Waals surface area (Å²) in [6.45, 7) is 3.12. The molecule has 2 fully saturated rings. The number of rotatable bonds is 6. The molecule has 2 aromatic heterocycles. The van der Waals surface area contributed by atoms with Crippen LogP contribution in [-0.2, 0) is 24.4 Å². The van der Waals surface area contributed by atoms with Gasteiger partial charge in [0.15, 0.2) is 0 Å². The number of hydrogen-bond donors (Lipinski definition) is 0. The number of imide groups is 1. The predicted octanol–water partition coefficient (Wildman–Crippen LogP) is 4.14. The Morgan fingerprint density at radius 2 is 1.66 bits per heavy atom. The van der Waals surface area contributed by atoms with Gasteiger partial charge in [-0.3, -0.25) is 19.6 Å². The maximum atomic E-state index is 13.7. The van der Waals surface area contributed by atoms with Gasteiger partial charge in [0.25, 0.3) is 5.91 Å². The number of thiophene rings is 1. The van der Waals surface area contributed by atoms with E-state index < -0.39 is 5.54 Å². The lowest BCUT2D eigenvalue weighted by atomic mass is 9.85. The first kappa shape index (κ1) is 20.8. The Kier molecular flexibility index (Phi) is 5.76. The molecular formula is C25H26N4O2S. The fraction of sp³-hybridized carbons (Fsp3) is 0.320. The van der Waals surface area contributed by atoms with Crippen molar-refractivity contribution in [1.29, 1.82) is 0 Å². The summed E-state index contributed by atoms with van der Waals surface area (Å²) in [7, 11) is 0. The first-order chi connectivity index (χ1) is 15.7. The highest BCUT2D eigenvalue weighted by Crippen LogP contribution is 2.39. The van der Waals surface area contributed by atoms with Crippen molar-refractivity contribution in [2.75, 3.05) is 13.1 Å². The van der Waals surface area contributed by atoms with Crippen LogP contribution in [-0.4, -0.2) is 50.3 Å². The van der Waals surface area contributed by atoms with Gasteiger partial charge < -0.3 is 4.90 Å². The fourth-order valence-electron chi connectivity index (χ4n) is 4.77. The molecule has 164 valence electrons. The highest BCUT2D eigenvalue weighted by Gasteiger charge is 2.57. The second-order valence-corrected chi connectivity index (χ2v) is 9.29. The number of hydrogen-bond acceptors (Lipinski definition) is 5. The van der Waals surface area contributed by atoms with Gasteiger partial charge in [-0.25, -0.2) is 4.79 Å². The molecule has 4 heterocycles. The Morgan fingerprint density at radius 1 is 0.875 bits per heavy atom. The number of likely N-dealkylation sites (tertiary alicyclic amines) is 1. The topological polar surface area (TPSA) is 56.8 Å². The monoisotopic (exact) mass is 446 g/mol. The molecule has 3 aromatic rings. The number of piperidine rings is 1. The first-order valence-corrected chi connectivity index (χ1v) is 11.9. The van der Waals surface area contributed by atoms with E-state index >= 15 is 0 Å². The quantitative estimate of drug-likeness (QED) is 0.534. The van der Waals surface area contributed by atoms with Gasteiger partial charge in [0.05, 0.1) is 12.2 Å². The number of urea groups is 1. The van der Waals surface area contributed by atoms with Crippen molar-refractivity contribution in [3.05, 3.63) is 88.4 Å². The van der Waals surface area contributed by atoms with Gasteiger partial charge in [-0.1, -0.05) is 36.4 Å². The molecule has 2 saturated heterocycles. The van der Waals surface area contributed by atoms with E-state index in [-0.39, 0.29) is 18.5 Å². The zero-order valence-electron chi connectivity index (χ0n) is 17.9. The molecule has 0 N–H and O–H groups in total. The number of nitrogens with zero attached hydrogens (tertiary/aromatic N) is 4. The highest BCUT2D eigenvalue weighted by molar-refractivity contribution is 7.07. The number of amides is 3. The maximum absolute atomic E-state index is 13.7. The summed E-state index contributed by atoms with van der Waals surface area (Å²) in [6, 6.07) is 17.4. The minimum atomic E-state index is -0.785. The van der Waals surface area contributed by atoms with Crippen LogP contribution >= 0.6 is 11.3 Å². The van der Waals surface area contributed by atoms with Crippen LogP contribution in [0.2, 0.25) is 0 Å². The summed E-state index contributed by atoms with van der Waals surface area (Å²) in [5.74, 6) is -0.0840. The summed E-state index contributed by atoms with van der Waals surface area (Å²) in [5.41, 5.74) is 2.28. The summed E-state index contributed by atoms with van der Waals surface area (Å²) >= 11 is 1.70. The molecule has 0 aliphatic carbocycles. The van der Waals surface area contributed by atoms with Crippen molar-refractivity contribution >= 4 is 23.3 Å². The lowest BCUT2D eigenvalue weighted by Crippen LogP contribution is -2.56. The molecule has 2 aliphatic heterocycles. The molecule has 0 unspecified atom stereocenters. The van der Waals surface area contributed by atoms with Crippen LogP contribution in [0.15, 0.2) is 71.6 Å². The summed E-state index contributed by atoms with van der Waals surface area (Å²) in [4.78, 5) is 37.2. The molecule has 0 radical (unpaired) electrons. The Morgan fingerprint density at radius 3 is 2.34 bits per heavy atom. The van der Waals surface area contributed by atoms with Gasteiger partial charge in [0.1, 0.15) is 5.54 Å². The van der Waals surface area contributed by atoms with E-state index in [4.69, 9.17) is 0 Å². The minimum absolute atomic E-state index is 0.0840. The normalized spacial score (nSPS) is 18.6. The van der Waals surface area contributed by atoms with Crippen LogP contribution in [0, 0.1) is 0 Å². The summed E-state index contributed by atoms with van der Waals surface area (Å²) < 4.78 is 0. The van der Waals surface area contributed by atoms with Gasteiger partial charge in [0.2, 0.25) is 0 Å². The van der Waals surface area contributed by atoms with Crippen molar-refractivity contribution < 1.29 is 9.59 Å². The minimum Gasteiger partial charge on any atom is -0.305 e. The van der Waals surface area contributed by atoms with Gasteiger partial charge in [-0.2, -0.15) is 11.3 Å². The third-order valence-corrected chi connectivity index (χ3v) is 7.25. The second kappa shape index (κ2) is 8.84. The molecule has 6 nitrogen and oxygen atoms in total. The van der Waals surface area contributed by atoms with E-state index in [0.717, 1.165) is 30.9 Å². The standard InChI is InChI=1S/C25H26N4O2S/c30-23-25(10-13-27(14-11-25)16-21-9-15-32-19-21)29(17-20-6-2-1-3-7-20)24(31)28(23)18-22-8-4-5-12-26-22/h1-9,12,15,19H,10-11,13-14,16-18H2. The van der Waals surface area contributed by atoms with E-state index in [0.29, 0.717) is 19.4 Å². The van der Waals surface area contributed by atoms with Crippen LogP contribution in [0.3, 0.4) is 0 Å². The molecule has 3 amide bonds. The first-order valence-electron chi connectivity index (χ1n) is 11.0. The number of aromatic nitrogens is 1. The van der Waals surface area contributed by atoms with Crippen molar-refractivity contribution in [2.24, 2.45) is 0 Å². The van der Waals surface area contributed by atoms with Crippen LogP contribution in [0.1, 0.15) is 29.7 Å². The molecule has 7 heteroatoms. The molecule has 32 heavy (non-hydrogen) atoms. The lowest BCUT2D eigenvalue weighted by molar-refractivity contribution is -0.136. The summed E-state index contributed by atoms with van der Waals surface area (Å²) in [5, 5.41) is 4.27. The molecular weight excluding hydrogens is 420 g/mol. The van der Waals surface area contributed by atoms with Crippen LogP contribution < -0.4 is 0 Å². The van der Waals surface area contributed by atoms with Gasteiger partial charge in [0, 0.05) is 32.4 Å². The van der Waals surface area contributed by atoms with Gasteiger partial charge in [-0.05, 0) is 52.9 Å². The SMILES string of the molecule is O=C1N(Cc2ccccn2)C(=O)C2(CCN(Cc3ccsc3)CC2)N1Cc1ccccc1. The third-order valence-electron chi connectivity index (χ3n) is 6.52. The molecule has 0 saturated carbocycles. The van der Waals surface area contributed by atoms with Crippen molar-refractivity contribution in [3.63, 3.8) is 0 Å². The van der Waals surface area contributed by atoms with E-state index in [1.807, 2.05) is 53.4 Å². The number of benzene rings is 1. The van der Waals surface area contributed by atoms with Gasteiger partial charge in [-0.15, -0.1) is 0 Å². The maximum Gasteiger partial charge on any atom is 0.328 e.